The fourth-order valence-corrected chi connectivity index (χ4v) is 5.03. The molecule has 0 spiro atoms. The zero-order valence-electron chi connectivity index (χ0n) is 16.5. The van der Waals surface area contributed by atoms with E-state index in [0.717, 1.165) is 42.4 Å². The van der Waals surface area contributed by atoms with Crippen molar-refractivity contribution in [1.82, 2.24) is 0 Å². The second-order valence-electron chi connectivity index (χ2n) is 7.36. The van der Waals surface area contributed by atoms with Crippen molar-refractivity contribution in [1.29, 1.82) is 0 Å². The molecule has 0 unspecified atom stereocenters. The van der Waals surface area contributed by atoms with Crippen LogP contribution in [0.5, 0.6) is 17.2 Å². The van der Waals surface area contributed by atoms with Crippen LogP contribution in [-0.4, -0.2) is 15.3 Å². The lowest BCUT2D eigenvalue weighted by Gasteiger charge is -2.37. The van der Waals surface area contributed by atoms with Crippen LogP contribution in [0, 0.1) is 0 Å². The standard InChI is InChI=1S/C24H23Br3O3/c1-2-3-4-11-24(15-5-8-21(28)18(25)12-15,16-6-9-22(29)19(26)13-16)17-7-10-23(30)20(27)14-17/h5-10,12-14,28-30H,2-4,11H2,1H3. The van der Waals surface area contributed by atoms with Crippen molar-refractivity contribution >= 4 is 47.8 Å². The third-order valence-corrected chi connectivity index (χ3v) is 7.38. The number of aromatic hydroxyl groups is 3. The van der Waals surface area contributed by atoms with Gasteiger partial charge >= 0.3 is 0 Å². The molecule has 0 saturated carbocycles. The van der Waals surface area contributed by atoms with Gasteiger partial charge in [0.1, 0.15) is 17.2 Å². The quantitative estimate of drug-likeness (QED) is 0.191. The molecule has 0 aromatic heterocycles. The first-order valence-corrected chi connectivity index (χ1v) is 12.1. The lowest BCUT2D eigenvalue weighted by molar-refractivity contribution is 0.465. The van der Waals surface area contributed by atoms with Crippen LogP contribution in [0.15, 0.2) is 68.0 Å². The molecule has 0 aliphatic rings. The van der Waals surface area contributed by atoms with Crippen LogP contribution in [0.4, 0.5) is 0 Å². The molecule has 0 aliphatic carbocycles. The molecular weight excluding hydrogens is 576 g/mol. The zero-order chi connectivity index (χ0) is 21.9. The summed E-state index contributed by atoms with van der Waals surface area (Å²) in [6.45, 7) is 2.17. The summed E-state index contributed by atoms with van der Waals surface area (Å²) in [5.74, 6) is 0.542. The Bertz CT molecular complexity index is 925. The third-order valence-electron chi connectivity index (χ3n) is 5.48. The highest BCUT2D eigenvalue weighted by atomic mass is 79.9. The Balaban J connectivity index is 2.35. The van der Waals surface area contributed by atoms with E-state index in [-0.39, 0.29) is 17.2 Å². The van der Waals surface area contributed by atoms with E-state index in [1.807, 2.05) is 36.4 Å². The first kappa shape index (κ1) is 23.2. The predicted octanol–water partition coefficient (Wildman–Crippen LogP) is 8.01. The summed E-state index contributed by atoms with van der Waals surface area (Å²) in [5, 5.41) is 30.3. The average molecular weight is 599 g/mol. The minimum Gasteiger partial charge on any atom is -0.507 e. The number of hydrogen-bond donors (Lipinski definition) is 3. The highest BCUT2D eigenvalue weighted by Gasteiger charge is 2.37. The fraction of sp³-hybridized carbons (Fsp3) is 0.250. The maximum Gasteiger partial charge on any atom is 0.129 e. The summed E-state index contributed by atoms with van der Waals surface area (Å²) in [6, 6.07) is 16.7. The summed E-state index contributed by atoms with van der Waals surface area (Å²) in [6.07, 6.45) is 3.99. The lowest BCUT2D eigenvalue weighted by atomic mass is 9.66. The van der Waals surface area contributed by atoms with Gasteiger partial charge in [-0.05, 0) is 107 Å². The van der Waals surface area contributed by atoms with Crippen molar-refractivity contribution in [3.8, 4) is 17.2 Å². The topological polar surface area (TPSA) is 60.7 Å². The van der Waals surface area contributed by atoms with Gasteiger partial charge in [0.25, 0.3) is 0 Å². The van der Waals surface area contributed by atoms with Gasteiger partial charge in [0.15, 0.2) is 0 Å². The van der Waals surface area contributed by atoms with Gasteiger partial charge in [0, 0.05) is 5.41 Å². The number of phenols is 3. The SMILES string of the molecule is CCCCCC(c1ccc(O)c(Br)c1)(c1ccc(O)c(Br)c1)c1ccc(O)c(Br)c1. The molecule has 0 bridgehead atoms. The number of halogens is 3. The highest BCUT2D eigenvalue weighted by molar-refractivity contribution is 9.11. The van der Waals surface area contributed by atoms with E-state index < -0.39 is 5.41 Å². The van der Waals surface area contributed by atoms with Crippen molar-refractivity contribution in [2.45, 2.75) is 38.0 Å². The largest absolute Gasteiger partial charge is 0.507 e. The van der Waals surface area contributed by atoms with Crippen LogP contribution in [0.25, 0.3) is 0 Å². The van der Waals surface area contributed by atoms with E-state index in [9.17, 15) is 15.3 Å². The first-order valence-electron chi connectivity index (χ1n) is 9.76. The van der Waals surface area contributed by atoms with Gasteiger partial charge < -0.3 is 15.3 Å². The second kappa shape index (κ2) is 9.75. The van der Waals surface area contributed by atoms with Crippen molar-refractivity contribution in [2.75, 3.05) is 0 Å². The van der Waals surface area contributed by atoms with E-state index in [2.05, 4.69) is 54.7 Å². The van der Waals surface area contributed by atoms with E-state index >= 15 is 0 Å². The Morgan fingerprint density at radius 3 is 1.30 bits per heavy atom. The van der Waals surface area contributed by atoms with Gasteiger partial charge in [-0.2, -0.15) is 0 Å². The molecule has 30 heavy (non-hydrogen) atoms. The maximum atomic E-state index is 10.1. The molecule has 0 heterocycles. The summed E-state index contributed by atoms with van der Waals surface area (Å²) in [4.78, 5) is 0. The number of unbranched alkanes of at least 4 members (excludes halogenated alkanes) is 2. The van der Waals surface area contributed by atoms with Gasteiger partial charge in [0.05, 0.1) is 13.4 Å². The van der Waals surface area contributed by atoms with Crippen LogP contribution in [-0.2, 0) is 5.41 Å². The average Bonchev–Trinajstić information content (AvgIpc) is 2.72. The molecule has 158 valence electrons. The van der Waals surface area contributed by atoms with Gasteiger partial charge in [-0.3, -0.25) is 0 Å². The second-order valence-corrected chi connectivity index (χ2v) is 9.92. The zero-order valence-corrected chi connectivity index (χ0v) is 21.3. The number of hydrogen-bond acceptors (Lipinski definition) is 3. The van der Waals surface area contributed by atoms with Crippen molar-refractivity contribution < 1.29 is 15.3 Å². The van der Waals surface area contributed by atoms with Gasteiger partial charge in [-0.25, -0.2) is 0 Å². The summed E-state index contributed by atoms with van der Waals surface area (Å²) < 4.78 is 1.86. The molecule has 0 atom stereocenters. The Hall–Kier alpha value is -1.50. The maximum absolute atomic E-state index is 10.1. The van der Waals surface area contributed by atoms with Crippen molar-refractivity contribution in [3.05, 3.63) is 84.7 Å². The van der Waals surface area contributed by atoms with Crippen molar-refractivity contribution in [2.24, 2.45) is 0 Å². The van der Waals surface area contributed by atoms with E-state index in [1.165, 1.54) is 0 Å². The molecule has 0 aliphatic heterocycles. The number of phenolic OH excluding ortho intramolecular Hbond substituents is 3. The van der Waals surface area contributed by atoms with Crippen LogP contribution in [0.3, 0.4) is 0 Å². The molecule has 0 saturated heterocycles. The normalized spacial score (nSPS) is 11.6. The molecule has 3 aromatic carbocycles. The smallest absolute Gasteiger partial charge is 0.129 e. The first-order chi connectivity index (χ1) is 14.3. The molecule has 0 fully saturated rings. The summed E-state index contributed by atoms with van der Waals surface area (Å²) >= 11 is 10.4. The van der Waals surface area contributed by atoms with Crippen molar-refractivity contribution in [3.63, 3.8) is 0 Å². The predicted molar refractivity (Wildman–Crippen MR) is 131 cm³/mol. The lowest BCUT2D eigenvalue weighted by Crippen LogP contribution is -2.29. The monoisotopic (exact) mass is 596 g/mol. The molecule has 0 radical (unpaired) electrons. The molecule has 0 amide bonds. The van der Waals surface area contributed by atoms with Crippen LogP contribution in [0.1, 0.15) is 49.3 Å². The van der Waals surface area contributed by atoms with Crippen LogP contribution >= 0.6 is 47.8 Å². The summed E-state index contributed by atoms with van der Waals surface area (Å²) in [7, 11) is 0. The minimum absolute atomic E-state index is 0.181. The van der Waals surface area contributed by atoms with Gasteiger partial charge in [-0.15, -0.1) is 0 Å². The van der Waals surface area contributed by atoms with Crippen LogP contribution < -0.4 is 0 Å². The third kappa shape index (κ3) is 4.56. The Morgan fingerprint density at radius 1 is 0.633 bits per heavy atom. The van der Waals surface area contributed by atoms with E-state index in [4.69, 9.17) is 0 Å². The molecular formula is C24H23Br3O3. The van der Waals surface area contributed by atoms with Gasteiger partial charge in [0.2, 0.25) is 0 Å². The Kier molecular flexibility index (Phi) is 7.53. The van der Waals surface area contributed by atoms with E-state index in [0.29, 0.717) is 13.4 Å². The molecule has 3 rings (SSSR count). The fourth-order valence-electron chi connectivity index (χ4n) is 3.89. The Morgan fingerprint density at radius 2 is 1.00 bits per heavy atom. The number of rotatable bonds is 7. The minimum atomic E-state index is -0.544. The Labute approximate surface area is 202 Å². The molecule has 3 nitrogen and oxygen atoms in total. The molecule has 6 heteroatoms. The highest BCUT2D eigenvalue weighted by Crippen LogP contribution is 2.47. The van der Waals surface area contributed by atoms with Crippen LogP contribution in [0.2, 0.25) is 0 Å². The van der Waals surface area contributed by atoms with E-state index in [1.54, 1.807) is 18.2 Å². The molecule has 3 aromatic rings. The number of benzene rings is 3. The molecule has 3 N–H and O–H groups in total. The van der Waals surface area contributed by atoms with Gasteiger partial charge in [-0.1, -0.05) is 44.4 Å². The summed E-state index contributed by atoms with van der Waals surface area (Å²) in [5.41, 5.74) is 2.49.